The summed E-state index contributed by atoms with van der Waals surface area (Å²) < 4.78 is 149. The number of unbranched alkanes of at least 4 members (excludes halogenated alkanes) is 5. The zero-order chi connectivity index (χ0) is 27.8. The maximum atomic E-state index is 11.4. The fourth-order valence-electron chi connectivity index (χ4n) is 3.13. The minimum atomic E-state index is -5.52. The third-order valence-electron chi connectivity index (χ3n) is 4.45. The third kappa shape index (κ3) is 14.7. The van der Waals surface area contributed by atoms with Gasteiger partial charge in [0.1, 0.15) is 29.9 Å². The van der Waals surface area contributed by atoms with E-state index in [-0.39, 0.29) is 5.75 Å². The highest BCUT2D eigenvalue weighted by molar-refractivity contribution is 7.99. The molecule has 1 heterocycles. The summed E-state index contributed by atoms with van der Waals surface area (Å²) in [5.74, 6) is 0.219. The predicted octanol–water partition coefficient (Wildman–Crippen LogP) is 0.188. The van der Waals surface area contributed by atoms with Crippen molar-refractivity contribution in [1.29, 1.82) is 0 Å². The van der Waals surface area contributed by atoms with Crippen LogP contribution in [0.1, 0.15) is 45.4 Å². The van der Waals surface area contributed by atoms with Crippen LogP contribution in [0.2, 0.25) is 0 Å². The average Bonchev–Trinajstić information content (AvgIpc) is 2.66. The summed E-state index contributed by atoms with van der Waals surface area (Å²) >= 11 is 0.783. The molecule has 216 valence electrons. The highest BCUT2D eigenvalue weighted by Crippen LogP contribution is 2.36. The predicted molar refractivity (Wildman–Crippen MR) is 121 cm³/mol. The Kier molecular flexibility index (Phi) is 13.4. The largest absolute Gasteiger partial charge is 0.397 e. The lowest BCUT2D eigenvalue weighted by atomic mass is 10.0. The van der Waals surface area contributed by atoms with Gasteiger partial charge >= 0.3 is 41.6 Å². The van der Waals surface area contributed by atoms with Crippen LogP contribution in [-0.4, -0.2) is 94.1 Å². The molecule has 22 heteroatoms. The first-order chi connectivity index (χ1) is 16.3. The summed E-state index contributed by atoms with van der Waals surface area (Å²) in [6.07, 6.45) is -4.00. The van der Waals surface area contributed by atoms with E-state index < -0.39 is 78.1 Å². The third-order valence-corrected chi connectivity index (χ3v) is 7.51. The smallest absolute Gasteiger partial charge is 0.356 e. The van der Waals surface area contributed by atoms with Crippen molar-refractivity contribution in [3.8, 4) is 0 Å². The summed E-state index contributed by atoms with van der Waals surface area (Å²) in [6, 6.07) is 0. The van der Waals surface area contributed by atoms with Crippen LogP contribution in [0.4, 0.5) is 0 Å². The molecule has 0 aromatic rings. The Bertz CT molecular complexity index is 1100. The van der Waals surface area contributed by atoms with Gasteiger partial charge in [-0.15, -0.1) is 11.8 Å². The SMILES string of the molecule is CCCCCCCCS[C@@H]1O[C@H](COS(=O)(=O)O)[C@@H](OS(=O)(=O)O)[C@H](OS(=O)(=O)O)[C@H]1OS(=O)(=O)O. The lowest BCUT2D eigenvalue weighted by Crippen LogP contribution is -2.61. The second-order valence-electron chi connectivity index (χ2n) is 7.36. The van der Waals surface area contributed by atoms with Crippen LogP contribution in [-0.2, 0) is 63.1 Å². The molecule has 0 aliphatic carbocycles. The fourth-order valence-corrected chi connectivity index (χ4v) is 6.24. The molecule has 0 aromatic heterocycles. The molecule has 0 saturated carbocycles. The number of hydrogen-bond donors (Lipinski definition) is 4. The molecule has 1 fully saturated rings. The van der Waals surface area contributed by atoms with Crippen molar-refractivity contribution in [2.24, 2.45) is 0 Å². The first kappa shape index (κ1) is 33.8. The Morgan fingerprint density at radius 3 is 1.64 bits per heavy atom. The van der Waals surface area contributed by atoms with Crippen molar-refractivity contribution in [1.82, 2.24) is 0 Å². The average molecular weight is 629 g/mol. The van der Waals surface area contributed by atoms with Crippen LogP contribution in [0, 0.1) is 0 Å². The van der Waals surface area contributed by atoms with Gasteiger partial charge in [0.05, 0.1) is 6.61 Å². The van der Waals surface area contributed by atoms with Crippen LogP contribution in [0.25, 0.3) is 0 Å². The van der Waals surface area contributed by atoms with Crippen molar-refractivity contribution in [2.75, 3.05) is 12.4 Å². The Labute approximate surface area is 214 Å². The van der Waals surface area contributed by atoms with Gasteiger partial charge in [0.2, 0.25) is 0 Å². The Hall–Kier alpha value is -0.210. The molecular weight excluding hydrogens is 600 g/mol. The first-order valence-electron chi connectivity index (χ1n) is 10.2. The van der Waals surface area contributed by atoms with Gasteiger partial charge in [-0.3, -0.25) is 18.2 Å². The molecule has 1 aliphatic rings. The van der Waals surface area contributed by atoms with Crippen molar-refractivity contribution in [3.05, 3.63) is 0 Å². The van der Waals surface area contributed by atoms with E-state index in [1.807, 2.05) is 6.92 Å². The molecule has 5 atom stereocenters. The van der Waals surface area contributed by atoms with Gasteiger partial charge in [-0.1, -0.05) is 39.0 Å². The van der Waals surface area contributed by atoms with E-state index in [1.54, 1.807) is 0 Å². The lowest BCUT2D eigenvalue weighted by molar-refractivity contribution is -0.183. The highest BCUT2D eigenvalue weighted by Gasteiger charge is 2.53. The van der Waals surface area contributed by atoms with Gasteiger partial charge in [-0.05, 0) is 12.2 Å². The van der Waals surface area contributed by atoms with E-state index >= 15 is 0 Å². The highest BCUT2D eigenvalue weighted by atomic mass is 32.3. The van der Waals surface area contributed by atoms with E-state index in [0.29, 0.717) is 6.42 Å². The van der Waals surface area contributed by atoms with Crippen LogP contribution in [0.5, 0.6) is 0 Å². The molecule has 0 amide bonds. The molecule has 17 nitrogen and oxygen atoms in total. The summed E-state index contributed by atoms with van der Waals surface area (Å²) in [7, 11) is -21.6. The van der Waals surface area contributed by atoms with Crippen LogP contribution >= 0.6 is 11.8 Å². The molecule has 1 aliphatic heterocycles. The molecule has 0 spiro atoms. The molecule has 0 unspecified atom stereocenters. The summed E-state index contributed by atoms with van der Waals surface area (Å²) in [5, 5.41) is 0. The van der Waals surface area contributed by atoms with Crippen LogP contribution < -0.4 is 0 Å². The number of hydrogen-bond acceptors (Lipinski definition) is 14. The minimum Gasteiger partial charge on any atom is -0.356 e. The van der Waals surface area contributed by atoms with E-state index in [2.05, 4.69) is 16.7 Å². The van der Waals surface area contributed by atoms with Gasteiger partial charge in [-0.25, -0.2) is 16.7 Å². The van der Waals surface area contributed by atoms with Crippen LogP contribution in [0.3, 0.4) is 0 Å². The maximum absolute atomic E-state index is 11.4. The molecule has 1 saturated heterocycles. The Morgan fingerprint density at radius 1 is 0.667 bits per heavy atom. The molecule has 1 rings (SSSR count). The fraction of sp³-hybridized carbons (Fsp3) is 1.00. The Morgan fingerprint density at radius 2 is 1.14 bits per heavy atom. The molecule has 0 bridgehead atoms. The quantitative estimate of drug-likeness (QED) is 0.124. The molecule has 36 heavy (non-hydrogen) atoms. The van der Waals surface area contributed by atoms with Crippen molar-refractivity contribution >= 4 is 53.4 Å². The van der Waals surface area contributed by atoms with Crippen molar-refractivity contribution in [3.63, 3.8) is 0 Å². The van der Waals surface area contributed by atoms with Crippen LogP contribution in [0.15, 0.2) is 0 Å². The normalized spacial score (nSPS) is 26.2. The van der Waals surface area contributed by atoms with Crippen molar-refractivity contribution < 1.29 is 73.4 Å². The van der Waals surface area contributed by atoms with E-state index in [9.17, 15) is 33.7 Å². The van der Waals surface area contributed by atoms with Gasteiger partial charge in [0.25, 0.3) is 0 Å². The van der Waals surface area contributed by atoms with E-state index in [4.69, 9.17) is 22.9 Å². The maximum Gasteiger partial charge on any atom is 0.397 e. The Balaban J connectivity index is 3.33. The van der Waals surface area contributed by atoms with E-state index in [0.717, 1.165) is 43.9 Å². The van der Waals surface area contributed by atoms with Gasteiger partial charge in [-0.2, -0.15) is 33.7 Å². The standard InChI is InChI=1S/C14H28O17S5/c1-2-3-4-5-6-7-8-32-14-13(31-36(24,25)26)12(30-35(21,22)23)11(29-34(18,19)20)10(28-14)9-27-33(15,16)17/h10-14H,2-9H2,1H3,(H,15,16,17)(H,18,19,20)(H,21,22,23)(H,24,25,26)/t10-,11-,12+,13-,14+/m1/s1. The first-order valence-corrected chi connectivity index (χ1v) is 16.7. The molecule has 0 radical (unpaired) electrons. The summed E-state index contributed by atoms with van der Waals surface area (Å²) in [5.41, 5.74) is -1.62. The number of thioether (sulfide) groups is 1. The molecule has 0 aromatic carbocycles. The molecule has 4 N–H and O–H groups in total. The minimum absolute atomic E-state index is 0.219. The summed E-state index contributed by atoms with van der Waals surface area (Å²) in [4.78, 5) is 0. The van der Waals surface area contributed by atoms with E-state index in [1.165, 1.54) is 0 Å². The van der Waals surface area contributed by atoms with Gasteiger partial charge in [0, 0.05) is 0 Å². The van der Waals surface area contributed by atoms with Gasteiger partial charge < -0.3 is 4.74 Å². The zero-order valence-corrected chi connectivity index (χ0v) is 22.8. The summed E-state index contributed by atoms with van der Waals surface area (Å²) in [6.45, 7) is 0.773. The zero-order valence-electron chi connectivity index (χ0n) is 18.7. The van der Waals surface area contributed by atoms with Crippen molar-refractivity contribution in [2.45, 2.75) is 75.3 Å². The monoisotopic (exact) mass is 628 g/mol. The van der Waals surface area contributed by atoms with Gasteiger partial charge in [0.15, 0.2) is 0 Å². The molecular formula is C14H28O17S5. The topological polar surface area (TPSA) is 264 Å². The number of ether oxygens (including phenoxy) is 1. The number of rotatable bonds is 17. The second kappa shape index (κ2) is 14.3. The lowest BCUT2D eigenvalue weighted by Gasteiger charge is -2.43. The second-order valence-corrected chi connectivity index (χ2v) is 12.8.